The van der Waals surface area contributed by atoms with Gasteiger partial charge in [-0.25, -0.2) is 0 Å². The molecule has 2 nitrogen and oxygen atoms in total. The minimum atomic E-state index is 0.593. The molecule has 0 radical (unpaired) electrons. The zero-order chi connectivity index (χ0) is 17.8. The molecule has 26 heavy (non-hydrogen) atoms. The fraction of sp³-hybridized carbons (Fsp3) is 0.250. The van der Waals surface area contributed by atoms with E-state index in [0.717, 1.165) is 6.54 Å². The van der Waals surface area contributed by atoms with Crippen molar-refractivity contribution in [2.24, 2.45) is 0 Å². The first-order chi connectivity index (χ1) is 12.8. The van der Waals surface area contributed by atoms with Crippen molar-refractivity contribution in [2.75, 3.05) is 13.6 Å². The summed E-state index contributed by atoms with van der Waals surface area (Å²) in [6.45, 7) is 2.10. The number of hydrogen-bond donors (Lipinski definition) is 0. The summed E-state index contributed by atoms with van der Waals surface area (Å²) >= 11 is 0. The van der Waals surface area contributed by atoms with Gasteiger partial charge in [-0.05, 0) is 60.8 Å². The van der Waals surface area contributed by atoms with Gasteiger partial charge in [0.1, 0.15) is 0 Å². The molecule has 2 aromatic rings. The van der Waals surface area contributed by atoms with Gasteiger partial charge in [0, 0.05) is 25.0 Å². The number of rotatable bonds is 4. The van der Waals surface area contributed by atoms with Crippen LogP contribution in [-0.4, -0.2) is 23.4 Å². The molecule has 1 fully saturated rings. The third-order valence-corrected chi connectivity index (χ3v) is 5.36. The molecule has 0 N–H and O–H groups in total. The molecule has 4 rings (SSSR count). The third kappa shape index (κ3) is 3.81. The van der Waals surface area contributed by atoms with Gasteiger partial charge in [0.2, 0.25) is 0 Å². The molecule has 2 heteroatoms. The van der Waals surface area contributed by atoms with E-state index in [1.165, 1.54) is 41.6 Å². The van der Waals surface area contributed by atoms with Crippen LogP contribution in [0.25, 0.3) is 11.1 Å². The van der Waals surface area contributed by atoms with Crippen LogP contribution in [0.4, 0.5) is 0 Å². The molecule has 2 heterocycles. The molecule has 2 aliphatic heterocycles. The van der Waals surface area contributed by atoms with Crippen LogP contribution in [0.3, 0.4) is 0 Å². The van der Waals surface area contributed by atoms with Gasteiger partial charge >= 0.3 is 0 Å². The summed E-state index contributed by atoms with van der Waals surface area (Å²) in [4.78, 5) is 4.66. The quantitative estimate of drug-likeness (QED) is 0.722. The predicted octanol–water partition coefficient (Wildman–Crippen LogP) is 5.52. The summed E-state index contributed by atoms with van der Waals surface area (Å²) in [5, 5.41) is 0. The van der Waals surface area contributed by atoms with Gasteiger partial charge in [-0.2, -0.15) is 0 Å². The van der Waals surface area contributed by atoms with Crippen molar-refractivity contribution < 1.29 is 0 Å². The minimum absolute atomic E-state index is 0.593. The Bertz CT molecular complexity index is 796. The van der Waals surface area contributed by atoms with E-state index in [4.69, 9.17) is 0 Å². The molecule has 1 atom stereocenters. The van der Waals surface area contributed by atoms with Crippen molar-refractivity contribution in [3.8, 4) is 11.1 Å². The normalized spacial score (nSPS) is 19.9. The van der Waals surface area contributed by atoms with Gasteiger partial charge in [0.15, 0.2) is 0 Å². The molecule has 0 spiro atoms. The molecule has 0 saturated carbocycles. The highest BCUT2D eigenvalue weighted by atomic mass is 15.1. The summed E-state index contributed by atoms with van der Waals surface area (Å²) in [5.74, 6) is 0. The van der Waals surface area contributed by atoms with Gasteiger partial charge in [0.25, 0.3) is 0 Å². The average molecular weight is 342 g/mol. The highest BCUT2D eigenvalue weighted by molar-refractivity contribution is 5.64. The van der Waals surface area contributed by atoms with Crippen LogP contribution in [0, 0.1) is 0 Å². The standard InChI is InChI=1S/C24H26N2/c1-25-16-6-7-24(25)23-14-12-22(13-15-23)21-10-8-20(9-11-21)19-26-17-4-2-3-5-18-26/h2-5,8-15,17-18,24H,6-7,16,19H2,1H3. The Hall–Kier alpha value is -2.58. The summed E-state index contributed by atoms with van der Waals surface area (Å²) in [6, 6.07) is 18.7. The predicted molar refractivity (Wildman–Crippen MR) is 109 cm³/mol. The first-order valence-electron chi connectivity index (χ1n) is 9.46. The van der Waals surface area contributed by atoms with Gasteiger partial charge in [-0.15, -0.1) is 0 Å². The van der Waals surface area contributed by atoms with E-state index >= 15 is 0 Å². The SMILES string of the molecule is CN1CCCC1c1ccc(-c2ccc(CN3C=CC=CC=C3)cc2)cc1. The maximum absolute atomic E-state index is 2.46. The lowest BCUT2D eigenvalue weighted by atomic mass is 9.99. The van der Waals surface area contributed by atoms with Crippen LogP contribution < -0.4 is 0 Å². The van der Waals surface area contributed by atoms with E-state index in [2.05, 4.69) is 89.9 Å². The monoisotopic (exact) mass is 342 g/mol. The zero-order valence-corrected chi connectivity index (χ0v) is 15.4. The van der Waals surface area contributed by atoms with Crippen LogP contribution >= 0.6 is 0 Å². The van der Waals surface area contributed by atoms with Crippen LogP contribution in [0.15, 0.2) is 85.2 Å². The van der Waals surface area contributed by atoms with Crippen molar-refractivity contribution >= 4 is 0 Å². The smallest absolute Gasteiger partial charge is 0.0470 e. The largest absolute Gasteiger partial charge is 0.350 e. The van der Waals surface area contributed by atoms with Gasteiger partial charge in [0.05, 0.1) is 0 Å². The molecular weight excluding hydrogens is 316 g/mol. The molecule has 0 aromatic heterocycles. The van der Waals surface area contributed by atoms with E-state index in [9.17, 15) is 0 Å². The number of hydrogen-bond acceptors (Lipinski definition) is 2. The fourth-order valence-corrected chi connectivity index (χ4v) is 3.85. The minimum Gasteiger partial charge on any atom is -0.350 e. The van der Waals surface area contributed by atoms with E-state index in [1.54, 1.807) is 0 Å². The molecule has 132 valence electrons. The van der Waals surface area contributed by atoms with Crippen LogP contribution in [-0.2, 0) is 6.54 Å². The van der Waals surface area contributed by atoms with Crippen LogP contribution in [0.2, 0.25) is 0 Å². The Labute approximate surface area is 156 Å². The number of allylic oxidation sites excluding steroid dienone is 4. The van der Waals surface area contributed by atoms with Crippen molar-refractivity contribution in [2.45, 2.75) is 25.4 Å². The molecule has 2 aromatic carbocycles. The molecule has 0 aliphatic carbocycles. The summed E-state index contributed by atoms with van der Waals surface area (Å²) in [5.41, 5.74) is 5.33. The fourth-order valence-electron chi connectivity index (χ4n) is 3.85. The number of benzene rings is 2. The maximum atomic E-state index is 2.46. The molecule has 1 unspecified atom stereocenters. The van der Waals surface area contributed by atoms with E-state index in [0.29, 0.717) is 6.04 Å². The molecular formula is C24H26N2. The van der Waals surface area contributed by atoms with Gasteiger partial charge < -0.3 is 4.90 Å². The Morgan fingerprint density at radius 1 is 0.808 bits per heavy atom. The Balaban J connectivity index is 1.45. The van der Waals surface area contributed by atoms with E-state index in [1.807, 2.05) is 12.2 Å². The molecule has 0 bridgehead atoms. The number of nitrogens with zero attached hydrogens (tertiary/aromatic N) is 2. The zero-order valence-electron chi connectivity index (χ0n) is 15.4. The molecule has 0 amide bonds. The van der Waals surface area contributed by atoms with Crippen LogP contribution in [0.5, 0.6) is 0 Å². The summed E-state index contributed by atoms with van der Waals surface area (Å²) < 4.78 is 0. The lowest BCUT2D eigenvalue weighted by Crippen LogP contribution is -2.17. The van der Waals surface area contributed by atoms with Crippen molar-refractivity contribution in [3.05, 3.63) is 96.4 Å². The highest BCUT2D eigenvalue weighted by Crippen LogP contribution is 2.31. The topological polar surface area (TPSA) is 6.48 Å². The second-order valence-corrected chi connectivity index (χ2v) is 7.20. The Morgan fingerprint density at radius 2 is 1.42 bits per heavy atom. The summed E-state index contributed by atoms with van der Waals surface area (Å²) in [7, 11) is 2.23. The maximum Gasteiger partial charge on any atom is 0.0470 e. The van der Waals surface area contributed by atoms with Crippen molar-refractivity contribution in [1.82, 2.24) is 9.80 Å². The Morgan fingerprint density at radius 3 is 2.00 bits per heavy atom. The average Bonchev–Trinajstić information content (AvgIpc) is 2.94. The molecule has 1 saturated heterocycles. The van der Waals surface area contributed by atoms with Crippen molar-refractivity contribution in [1.29, 1.82) is 0 Å². The van der Waals surface area contributed by atoms with Crippen molar-refractivity contribution in [3.63, 3.8) is 0 Å². The first kappa shape index (κ1) is 16.9. The lowest BCUT2D eigenvalue weighted by molar-refractivity contribution is 0.317. The highest BCUT2D eigenvalue weighted by Gasteiger charge is 2.22. The molecule has 2 aliphatic rings. The van der Waals surface area contributed by atoms with Crippen LogP contribution in [0.1, 0.15) is 30.0 Å². The lowest BCUT2D eigenvalue weighted by Gasteiger charge is -2.20. The second-order valence-electron chi connectivity index (χ2n) is 7.20. The van der Waals surface area contributed by atoms with Gasteiger partial charge in [-0.1, -0.05) is 60.7 Å². The Kier molecular flexibility index (Phi) is 5.03. The third-order valence-electron chi connectivity index (χ3n) is 5.36. The van der Waals surface area contributed by atoms with E-state index in [-0.39, 0.29) is 0 Å². The summed E-state index contributed by atoms with van der Waals surface area (Å²) in [6.07, 6.45) is 15.0. The van der Waals surface area contributed by atoms with Gasteiger partial charge in [-0.3, -0.25) is 4.90 Å². The number of likely N-dealkylation sites (tertiary alicyclic amines) is 1. The van der Waals surface area contributed by atoms with E-state index < -0.39 is 0 Å². The second kappa shape index (κ2) is 7.76. The first-order valence-corrected chi connectivity index (χ1v) is 9.46.